The minimum absolute atomic E-state index is 0.0434. The first-order chi connectivity index (χ1) is 16.2. The van der Waals surface area contributed by atoms with Gasteiger partial charge in [0.15, 0.2) is 5.65 Å². The summed E-state index contributed by atoms with van der Waals surface area (Å²) < 4.78 is 1.94. The molecule has 0 spiro atoms. The average molecular weight is 461 g/mol. The Morgan fingerprint density at radius 3 is 2.59 bits per heavy atom. The minimum atomic E-state index is -0.230. The normalized spacial score (nSPS) is 16.6. The molecule has 1 aromatic carbocycles. The first-order valence-corrected chi connectivity index (χ1v) is 12.0. The number of benzene rings is 1. The molecule has 178 valence electrons. The highest BCUT2D eigenvalue weighted by atomic mass is 16.2. The van der Waals surface area contributed by atoms with Crippen LogP contribution in [-0.2, 0) is 16.9 Å². The fraction of sp³-hybridized carbons (Fsp3) is 0.462. The Labute approximate surface area is 199 Å². The first-order valence-electron chi connectivity index (χ1n) is 12.0. The quantitative estimate of drug-likeness (QED) is 0.610. The zero-order valence-electron chi connectivity index (χ0n) is 20.3. The number of nitrogens with zero attached hydrogens (tertiary/aromatic N) is 4. The molecule has 1 aliphatic heterocycles. The van der Waals surface area contributed by atoms with Crippen molar-refractivity contribution in [3.05, 3.63) is 52.8 Å². The largest absolute Gasteiger partial charge is 0.360 e. The fourth-order valence-corrected chi connectivity index (χ4v) is 4.50. The molecule has 2 amide bonds. The lowest BCUT2D eigenvalue weighted by atomic mass is 10.1. The summed E-state index contributed by atoms with van der Waals surface area (Å²) >= 11 is 0. The van der Waals surface area contributed by atoms with Crippen molar-refractivity contribution in [2.75, 3.05) is 24.5 Å². The van der Waals surface area contributed by atoms with Gasteiger partial charge in [-0.3, -0.25) is 9.59 Å². The average Bonchev–Trinajstić information content (AvgIpc) is 3.60. The molecule has 2 aromatic heterocycles. The summed E-state index contributed by atoms with van der Waals surface area (Å²) in [6.45, 7) is 10.5. The van der Waals surface area contributed by atoms with Crippen LogP contribution in [-0.4, -0.2) is 46.2 Å². The van der Waals surface area contributed by atoms with E-state index in [1.54, 1.807) is 0 Å². The number of nitrogens with one attached hydrogen (secondary N) is 2. The van der Waals surface area contributed by atoms with Crippen molar-refractivity contribution in [3.63, 3.8) is 0 Å². The van der Waals surface area contributed by atoms with Crippen LogP contribution >= 0.6 is 0 Å². The minimum Gasteiger partial charge on any atom is -0.360 e. The number of carbonyl (C=O) groups is 2. The Bertz CT molecular complexity index is 1250. The van der Waals surface area contributed by atoms with Gasteiger partial charge in [-0.15, -0.1) is 0 Å². The predicted octanol–water partition coefficient (Wildman–Crippen LogP) is 3.24. The van der Waals surface area contributed by atoms with E-state index in [0.29, 0.717) is 31.1 Å². The van der Waals surface area contributed by atoms with Crippen LogP contribution in [0.1, 0.15) is 66.8 Å². The van der Waals surface area contributed by atoms with Crippen LogP contribution in [0.2, 0.25) is 0 Å². The summed E-state index contributed by atoms with van der Waals surface area (Å²) in [6.07, 6.45) is 2.24. The fourth-order valence-electron chi connectivity index (χ4n) is 4.50. The molecule has 0 bridgehead atoms. The number of amides is 2. The maximum atomic E-state index is 13.4. The molecule has 2 N–H and O–H groups in total. The second-order valence-corrected chi connectivity index (χ2v) is 10.4. The standard InChI is InChI=1S/C26H32N6O2/c1-16-23-20(13-21(18-7-8-18)29-24(23)32(30-16)26(2,3)4)25(34)28-14-17-5-9-19(10-6-17)31-12-11-27-22(33)15-31/h5-6,9-10,13,18H,7-8,11-12,14-15H2,1-4H3,(H,27,33)(H,28,34). The molecule has 8 heteroatoms. The van der Waals surface area contributed by atoms with E-state index in [2.05, 4.69) is 36.3 Å². The van der Waals surface area contributed by atoms with Crippen LogP contribution in [0.3, 0.4) is 0 Å². The summed E-state index contributed by atoms with van der Waals surface area (Å²) in [5.41, 5.74) is 5.03. The van der Waals surface area contributed by atoms with Gasteiger partial charge in [-0.2, -0.15) is 5.10 Å². The second-order valence-electron chi connectivity index (χ2n) is 10.4. The van der Waals surface area contributed by atoms with E-state index in [1.807, 2.05) is 41.9 Å². The molecular weight excluding hydrogens is 428 g/mol. The Morgan fingerprint density at radius 1 is 1.21 bits per heavy atom. The molecule has 3 aromatic rings. The van der Waals surface area contributed by atoms with Crippen LogP contribution in [0.4, 0.5) is 5.69 Å². The molecular formula is C26H32N6O2. The maximum absolute atomic E-state index is 13.4. The van der Waals surface area contributed by atoms with Crippen molar-refractivity contribution in [2.45, 2.75) is 58.5 Å². The second kappa shape index (κ2) is 8.42. The third-order valence-electron chi connectivity index (χ3n) is 6.50. The molecule has 0 unspecified atom stereocenters. The van der Waals surface area contributed by atoms with Gasteiger partial charge < -0.3 is 15.5 Å². The summed E-state index contributed by atoms with van der Waals surface area (Å²) in [6, 6.07) is 9.98. The predicted molar refractivity (Wildman–Crippen MR) is 132 cm³/mol. The van der Waals surface area contributed by atoms with Crippen molar-refractivity contribution < 1.29 is 9.59 Å². The zero-order valence-corrected chi connectivity index (χ0v) is 20.3. The number of rotatable bonds is 5. The lowest BCUT2D eigenvalue weighted by molar-refractivity contribution is -0.120. The van der Waals surface area contributed by atoms with E-state index in [9.17, 15) is 9.59 Å². The SMILES string of the molecule is Cc1nn(C(C)(C)C)c2nc(C3CC3)cc(C(=O)NCc3ccc(N4CCNC(=O)C4)cc3)c12. The highest BCUT2D eigenvalue weighted by molar-refractivity contribution is 6.06. The number of anilines is 1. The zero-order chi connectivity index (χ0) is 24.0. The third kappa shape index (κ3) is 4.36. The molecule has 1 saturated carbocycles. The van der Waals surface area contributed by atoms with Gasteiger partial charge in [0.1, 0.15) is 0 Å². The number of aryl methyl sites for hydroxylation is 1. The highest BCUT2D eigenvalue weighted by Gasteiger charge is 2.30. The van der Waals surface area contributed by atoms with Crippen molar-refractivity contribution in [3.8, 4) is 0 Å². The van der Waals surface area contributed by atoms with Crippen molar-refractivity contribution >= 4 is 28.5 Å². The topological polar surface area (TPSA) is 92.2 Å². The van der Waals surface area contributed by atoms with Gasteiger partial charge in [-0.05, 0) is 64.3 Å². The van der Waals surface area contributed by atoms with Crippen molar-refractivity contribution in [1.29, 1.82) is 0 Å². The van der Waals surface area contributed by atoms with E-state index in [-0.39, 0.29) is 17.4 Å². The van der Waals surface area contributed by atoms with Gasteiger partial charge in [-0.1, -0.05) is 12.1 Å². The summed E-state index contributed by atoms with van der Waals surface area (Å²) in [4.78, 5) is 32.0. The van der Waals surface area contributed by atoms with Gasteiger partial charge in [0, 0.05) is 36.9 Å². The van der Waals surface area contributed by atoms with Crippen LogP contribution in [0.15, 0.2) is 30.3 Å². The van der Waals surface area contributed by atoms with Crippen LogP contribution in [0.5, 0.6) is 0 Å². The van der Waals surface area contributed by atoms with Crippen LogP contribution in [0, 0.1) is 6.92 Å². The van der Waals surface area contributed by atoms with E-state index < -0.39 is 0 Å². The Balaban J connectivity index is 1.37. The highest BCUT2D eigenvalue weighted by Crippen LogP contribution is 2.41. The van der Waals surface area contributed by atoms with Gasteiger partial charge in [0.2, 0.25) is 5.91 Å². The van der Waals surface area contributed by atoms with Gasteiger partial charge >= 0.3 is 0 Å². The van der Waals surface area contributed by atoms with Crippen molar-refractivity contribution in [2.24, 2.45) is 0 Å². The molecule has 1 aliphatic carbocycles. The molecule has 0 radical (unpaired) electrons. The molecule has 8 nitrogen and oxygen atoms in total. The third-order valence-corrected chi connectivity index (χ3v) is 6.50. The summed E-state index contributed by atoms with van der Waals surface area (Å²) in [7, 11) is 0. The van der Waals surface area contributed by atoms with Crippen molar-refractivity contribution in [1.82, 2.24) is 25.4 Å². The number of aromatic nitrogens is 3. The molecule has 2 aliphatic rings. The van der Waals surface area contributed by atoms with Gasteiger partial charge in [0.25, 0.3) is 5.91 Å². The number of carbonyl (C=O) groups excluding carboxylic acids is 2. The maximum Gasteiger partial charge on any atom is 0.252 e. The Kier molecular flexibility index (Phi) is 5.54. The molecule has 3 heterocycles. The van der Waals surface area contributed by atoms with Crippen LogP contribution < -0.4 is 15.5 Å². The number of pyridine rings is 1. The number of piperazine rings is 1. The number of hydrogen-bond donors (Lipinski definition) is 2. The molecule has 0 atom stereocenters. The molecule has 1 saturated heterocycles. The van der Waals surface area contributed by atoms with E-state index in [1.165, 1.54) is 0 Å². The smallest absolute Gasteiger partial charge is 0.252 e. The molecule has 5 rings (SSSR count). The molecule has 2 fully saturated rings. The van der Waals surface area contributed by atoms with Gasteiger partial charge in [0.05, 0.1) is 28.7 Å². The number of fused-ring (bicyclic) bond motifs is 1. The van der Waals surface area contributed by atoms with E-state index in [0.717, 1.165) is 53.1 Å². The van der Waals surface area contributed by atoms with Gasteiger partial charge in [-0.25, -0.2) is 9.67 Å². The Morgan fingerprint density at radius 2 is 1.94 bits per heavy atom. The molecule has 34 heavy (non-hydrogen) atoms. The monoisotopic (exact) mass is 460 g/mol. The Hall–Kier alpha value is -3.42. The van der Waals surface area contributed by atoms with E-state index in [4.69, 9.17) is 10.1 Å². The summed E-state index contributed by atoms with van der Waals surface area (Å²) in [5, 5.41) is 11.5. The summed E-state index contributed by atoms with van der Waals surface area (Å²) in [5.74, 6) is 0.369. The van der Waals surface area contributed by atoms with E-state index >= 15 is 0 Å². The lowest BCUT2D eigenvalue weighted by Crippen LogP contribution is -2.47. The number of hydrogen-bond acceptors (Lipinski definition) is 5. The first kappa shape index (κ1) is 22.4. The lowest BCUT2D eigenvalue weighted by Gasteiger charge is -2.28. The van der Waals surface area contributed by atoms with Crippen LogP contribution in [0.25, 0.3) is 11.0 Å².